The van der Waals surface area contributed by atoms with E-state index in [1.54, 1.807) is 41.5 Å². The summed E-state index contributed by atoms with van der Waals surface area (Å²) in [5, 5.41) is 17.6. The number of aliphatic carboxylic acids is 2. The number of rotatable bonds is 8. The van der Waals surface area contributed by atoms with Crippen molar-refractivity contribution in [1.82, 2.24) is 0 Å². The van der Waals surface area contributed by atoms with Crippen LogP contribution in [0.4, 0.5) is 0 Å². The monoisotopic (exact) mass is 491 g/mol. The summed E-state index contributed by atoms with van der Waals surface area (Å²) in [5.41, 5.74) is -4.18. The first-order valence-corrected chi connectivity index (χ1v) is 9.59. The van der Waals surface area contributed by atoms with Crippen molar-refractivity contribution in [2.24, 2.45) is 21.7 Å². The number of hydrogen-bond acceptors (Lipinski definition) is 6. The molecule has 0 spiro atoms. The molecule has 0 aliphatic carbocycles. The second-order valence-electron chi connectivity index (χ2n) is 10.4. The van der Waals surface area contributed by atoms with Gasteiger partial charge in [-0.25, -0.2) is 0 Å². The average molecular weight is 492 g/mol. The van der Waals surface area contributed by atoms with Gasteiger partial charge < -0.3 is 10.2 Å². The number of hydrogen-bond donors (Lipinski definition) is 2. The van der Waals surface area contributed by atoms with E-state index in [1.807, 2.05) is 0 Å². The molecule has 0 aromatic rings. The fourth-order valence-electron chi connectivity index (χ4n) is 1.50. The van der Waals surface area contributed by atoms with Crippen molar-refractivity contribution in [2.45, 2.75) is 82.1 Å². The molecule has 0 aromatic carbocycles. The van der Waals surface area contributed by atoms with Gasteiger partial charge in [0.15, 0.2) is 11.6 Å². The Kier molecular flexibility index (Phi) is 12.7. The van der Waals surface area contributed by atoms with E-state index in [9.17, 15) is 28.8 Å². The predicted molar refractivity (Wildman–Crippen MR) is 111 cm³/mol. The van der Waals surface area contributed by atoms with Crippen LogP contribution in [-0.4, -0.2) is 45.3 Å². The first kappa shape index (κ1) is 33.8. The van der Waals surface area contributed by atoms with Crippen LogP contribution in [0.5, 0.6) is 0 Å². The molecule has 0 rings (SSSR count). The fourth-order valence-corrected chi connectivity index (χ4v) is 1.50. The normalized spacial score (nSPS) is 11.9. The molecular formula is C22H36CuO8. The standard InChI is InChI=1S/2C11H18O4.Cu/c2*1-10(2,3)7(12)6-8(13)11(4,5)9(14)15;/h2*6H2,1-5H3,(H,14,15);. The van der Waals surface area contributed by atoms with E-state index in [0.717, 1.165) is 0 Å². The second-order valence-corrected chi connectivity index (χ2v) is 10.4. The third-order valence-electron chi connectivity index (χ3n) is 4.78. The quantitative estimate of drug-likeness (QED) is 0.388. The Balaban J connectivity index is -0.000000490. The van der Waals surface area contributed by atoms with Gasteiger partial charge in [-0.15, -0.1) is 0 Å². The molecule has 0 aromatic heterocycles. The molecule has 31 heavy (non-hydrogen) atoms. The summed E-state index contributed by atoms with van der Waals surface area (Å²) in [6.45, 7) is 15.5. The van der Waals surface area contributed by atoms with Crippen LogP contribution >= 0.6 is 0 Å². The summed E-state index contributed by atoms with van der Waals surface area (Å²) >= 11 is 0. The minimum Gasteiger partial charge on any atom is -0.481 e. The maximum absolute atomic E-state index is 11.6. The minimum absolute atomic E-state index is 0. The van der Waals surface area contributed by atoms with Crippen molar-refractivity contribution in [1.29, 1.82) is 0 Å². The van der Waals surface area contributed by atoms with Crippen molar-refractivity contribution in [3.8, 4) is 0 Å². The topological polar surface area (TPSA) is 143 Å². The first-order chi connectivity index (χ1) is 13.0. The molecule has 0 atom stereocenters. The van der Waals surface area contributed by atoms with Crippen molar-refractivity contribution in [3.63, 3.8) is 0 Å². The van der Waals surface area contributed by atoms with Gasteiger partial charge in [-0.3, -0.25) is 28.8 Å². The van der Waals surface area contributed by atoms with Gasteiger partial charge in [0.1, 0.15) is 22.4 Å². The van der Waals surface area contributed by atoms with Gasteiger partial charge in [-0.2, -0.15) is 0 Å². The Morgan fingerprint density at radius 3 is 0.806 bits per heavy atom. The van der Waals surface area contributed by atoms with E-state index < -0.39 is 45.2 Å². The molecule has 0 heterocycles. The molecule has 0 amide bonds. The van der Waals surface area contributed by atoms with Crippen LogP contribution in [0.3, 0.4) is 0 Å². The van der Waals surface area contributed by atoms with Gasteiger partial charge in [-0.05, 0) is 27.7 Å². The van der Waals surface area contributed by atoms with Crippen LogP contribution in [0.1, 0.15) is 82.1 Å². The van der Waals surface area contributed by atoms with E-state index in [2.05, 4.69) is 0 Å². The first-order valence-electron chi connectivity index (χ1n) is 9.59. The zero-order valence-corrected chi connectivity index (χ0v) is 21.0. The molecule has 0 unspecified atom stereocenters. The SMILES string of the molecule is CC(C)(C)C(=O)CC(=O)C(C)(C)C(=O)O.CC(C)(C)C(=O)CC(=O)C(C)(C)C(=O)O.[Cu]. The Bertz CT molecular complexity index is 657. The molecule has 9 heteroatoms. The smallest absolute Gasteiger partial charge is 0.316 e. The zero-order valence-electron chi connectivity index (χ0n) is 20.1. The summed E-state index contributed by atoms with van der Waals surface area (Å²) in [5.74, 6) is -3.96. The van der Waals surface area contributed by atoms with Crippen molar-refractivity contribution < 1.29 is 56.0 Å². The van der Waals surface area contributed by atoms with Crippen LogP contribution in [0.15, 0.2) is 0 Å². The summed E-state index contributed by atoms with van der Waals surface area (Å²) < 4.78 is 0. The zero-order chi connectivity index (χ0) is 24.9. The fraction of sp³-hybridized carbons (Fsp3) is 0.727. The number of carbonyl (C=O) groups excluding carboxylic acids is 4. The van der Waals surface area contributed by atoms with Crippen molar-refractivity contribution in [3.05, 3.63) is 0 Å². The second kappa shape index (κ2) is 11.7. The molecule has 0 saturated carbocycles. The molecule has 0 saturated heterocycles. The molecular weight excluding hydrogens is 456 g/mol. The van der Waals surface area contributed by atoms with Crippen molar-refractivity contribution in [2.75, 3.05) is 0 Å². The van der Waals surface area contributed by atoms with Gasteiger partial charge >= 0.3 is 11.9 Å². The largest absolute Gasteiger partial charge is 0.481 e. The Hall–Kier alpha value is -1.86. The number of carbonyl (C=O) groups is 6. The van der Waals surface area contributed by atoms with E-state index >= 15 is 0 Å². The van der Waals surface area contributed by atoms with Gasteiger partial charge in [0.05, 0.1) is 12.8 Å². The van der Waals surface area contributed by atoms with E-state index in [0.29, 0.717) is 0 Å². The van der Waals surface area contributed by atoms with Crippen LogP contribution in [0, 0.1) is 21.7 Å². The maximum Gasteiger partial charge on any atom is 0.316 e. The van der Waals surface area contributed by atoms with Gasteiger partial charge in [0.2, 0.25) is 0 Å². The third kappa shape index (κ3) is 10.8. The number of ketones is 4. The van der Waals surface area contributed by atoms with Gasteiger partial charge in [-0.1, -0.05) is 41.5 Å². The van der Waals surface area contributed by atoms with Crippen LogP contribution in [0.25, 0.3) is 0 Å². The Morgan fingerprint density at radius 2 is 0.677 bits per heavy atom. The molecule has 8 nitrogen and oxygen atoms in total. The number of carboxylic acid groups (broad SMARTS) is 2. The summed E-state index contributed by atoms with van der Waals surface area (Å²) in [6.07, 6.45) is -0.633. The van der Waals surface area contributed by atoms with E-state index in [4.69, 9.17) is 10.2 Å². The molecule has 0 fully saturated rings. The van der Waals surface area contributed by atoms with Gasteiger partial charge in [0.25, 0.3) is 0 Å². The molecule has 2 N–H and O–H groups in total. The third-order valence-corrected chi connectivity index (χ3v) is 4.78. The summed E-state index contributed by atoms with van der Waals surface area (Å²) in [6, 6.07) is 0. The minimum atomic E-state index is -1.49. The maximum atomic E-state index is 11.6. The molecule has 0 bridgehead atoms. The van der Waals surface area contributed by atoms with Crippen LogP contribution < -0.4 is 0 Å². The molecule has 0 aliphatic heterocycles. The number of carboxylic acids is 2. The Labute approximate surface area is 195 Å². The van der Waals surface area contributed by atoms with E-state index in [1.165, 1.54) is 27.7 Å². The van der Waals surface area contributed by atoms with Crippen molar-refractivity contribution >= 4 is 35.1 Å². The molecule has 183 valence electrons. The molecule has 1 radical (unpaired) electrons. The Morgan fingerprint density at radius 1 is 0.484 bits per heavy atom. The average Bonchev–Trinajstić information content (AvgIpc) is 2.52. The van der Waals surface area contributed by atoms with E-state index in [-0.39, 0.29) is 41.5 Å². The van der Waals surface area contributed by atoms with Gasteiger partial charge in [0, 0.05) is 27.9 Å². The predicted octanol–water partition coefficient (Wildman–Crippen LogP) is 3.34. The number of Topliss-reactive ketones (excluding diaryl/α,β-unsaturated/α-hetero) is 4. The molecule has 0 aliphatic rings. The van der Waals surface area contributed by atoms with Crippen LogP contribution in [0.2, 0.25) is 0 Å². The summed E-state index contributed by atoms with van der Waals surface area (Å²) in [7, 11) is 0. The summed E-state index contributed by atoms with van der Waals surface area (Å²) in [4.78, 5) is 67.7. The van der Waals surface area contributed by atoms with Crippen LogP contribution in [-0.2, 0) is 45.8 Å².